The van der Waals surface area contributed by atoms with Crippen molar-refractivity contribution in [3.05, 3.63) is 124 Å². The molecule has 3 amide bonds. The van der Waals surface area contributed by atoms with Crippen LogP contribution in [0.5, 0.6) is 0 Å². The molecule has 0 unspecified atom stereocenters. The van der Waals surface area contributed by atoms with E-state index in [1.165, 1.54) is 23.1 Å². The summed E-state index contributed by atoms with van der Waals surface area (Å²) in [6.45, 7) is 0. The van der Waals surface area contributed by atoms with Crippen LogP contribution in [0.2, 0.25) is 5.02 Å². The SMILES string of the molecule is O=C(CSc1ccc(NC(=O)/C(=C/c2ccc(Cl)cc2)NC(=O)c2ccccc2)cc1)Nc1nc(-c2cccs2)cs1. The summed E-state index contributed by atoms with van der Waals surface area (Å²) in [5, 5.41) is 13.4. The van der Waals surface area contributed by atoms with Gasteiger partial charge in [0.05, 0.1) is 16.3 Å². The molecule has 5 rings (SSSR count). The van der Waals surface area contributed by atoms with E-state index in [1.807, 2.05) is 41.1 Å². The van der Waals surface area contributed by atoms with Crippen molar-refractivity contribution in [1.29, 1.82) is 0 Å². The molecule has 0 radical (unpaired) electrons. The zero-order chi connectivity index (χ0) is 29.3. The fraction of sp³-hybridized carbons (Fsp3) is 0.0323. The lowest BCUT2D eigenvalue weighted by atomic mass is 10.1. The average Bonchev–Trinajstić information content (AvgIpc) is 3.71. The molecule has 210 valence electrons. The third-order valence-electron chi connectivity index (χ3n) is 5.72. The molecule has 0 spiro atoms. The number of carbonyl (C=O) groups excluding carboxylic acids is 3. The normalized spacial score (nSPS) is 11.1. The van der Waals surface area contributed by atoms with Gasteiger partial charge in [-0.1, -0.05) is 48.0 Å². The van der Waals surface area contributed by atoms with Crippen molar-refractivity contribution in [1.82, 2.24) is 10.3 Å². The lowest BCUT2D eigenvalue weighted by Crippen LogP contribution is -2.30. The summed E-state index contributed by atoms with van der Waals surface area (Å²) in [4.78, 5) is 44.9. The van der Waals surface area contributed by atoms with E-state index >= 15 is 0 Å². The summed E-state index contributed by atoms with van der Waals surface area (Å²) in [5.41, 5.74) is 2.58. The van der Waals surface area contributed by atoms with Gasteiger partial charge in [0.1, 0.15) is 5.70 Å². The van der Waals surface area contributed by atoms with Gasteiger partial charge in [-0.15, -0.1) is 34.4 Å². The molecule has 0 aliphatic rings. The van der Waals surface area contributed by atoms with Crippen molar-refractivity contribution < 1.29 is 14.4 Å². The molecule has 0 aliphatic heterocycles. The molecule has 5 aromatic rings. The first-order valence-corrected chi connectivity index (χ1v) is 15.7. The molecule has 11 heteroatoms. The Morgan fingerprint density at radius 3 is 2.33 bits per heavy atom. The van der Waals surface area contributed by atoms with Crippen LogP contribution in [0.1, 0.15) is 15.9 Å². The van der Waals surface area contributed by atoms with Gasteiger partial charge >= 0.3 is 0 Å². The van der Waals surface area contributed by atoms with Gasteiger partial charge in [0, 0.05) is 26.5 Å². The summed E-state index contributed by atoms with van der Waals surface area (Å²) in [5.74, 6) is -0.842. The number of benzene rings is 3. The van der Waals surface area contributed by atoms with Crippen molar-refractivity contribution in [3.63, 3.8) is 0 Å². The molecular weight excluding hydrogens is 608 g/mol. The Bertz CT molecular complexity index is 1700. The van der Waals surface area contributed by atoms with Crippen LogP contribution in [0, 0.1) is 0 Å². The van der Waals surface area contributed by atoms with Gasteiger partial charge in [-0.25, -0.2) is 4.98 Å². The third-order valence-corrected chi connectivity index (χ3v) is 8.63. The Kier molecular flexibility index (Phi) is 9.83. The van der Waals surface area contributed by atoms with Crippen LogP contribution >= 0.6 is 46.0 Å². The zero-order valence-corrected chi connectivity index (χ0v) is 25.1. The highest BCUT2D eigenvalue weighted by Gasteiger charge is 2.15. The summed E-state index contributed by atoms with van der Waals surface area (Å²) in [7, 11) is 0. The molecular formula is C31H23ClN4O3S3. The van der Waals surface area contributed by atoms with E-state index in [1.54, 1.807) is 78.1 Å². The second-order valence-electron chi connectivity index (χ2n) is 8.76. The maximum absolute atomic E-state index is 13.2. The first-order chi connectivity index (χ1) is 20.4. The molecule has 0 aliphatic carbocycles. The Labute approximate surface area is 259 Å². The van der Waals surface area contributed by atoms with Gasteiger partial charge < -0.3 is 16.0 Å². The smallest absolute Gasteiger partial charge is 0.272 e. The second kappa shape index (κ2) is 14.1. The first kappa shape index (κ1) is 29.3. The summed E-state index contributed by atoms with van der Waals surface area (Å²) in [6, 6.07) is 26.6. The largest absolute Gasteiger partial charge is 0.321 e. The fourth-order valence-electron chi connectivity index (χ4n) is 3.67. The molecule has 0 bridgehead atoms. The molecule has 0 fully saturated rings. The zero-order valence-electron chi connectivity index (χ0n) is 21.9. The summed E-state index contributed by atoms with van der Waals surface area (Å²) < 4.78 is 0. The number of aromatic nitrogens is 1. The first-order valence-electron chi connectivity index (χ1n) is 12.6. The number of nitrogens with zero attached hydrogens (tertiary/aromatic N) is 1. The molecule has 2 heterocycles. The molecule has 0 atom stereocenters. The minimum absolute atomic E-state index is 0.0747. The number of thiazole rings is 1. The molecule has 0 saturated carbocycles. The van der Waals surface area contributed by atoms with Crippen molar-refractivity contribution in [2.45, 2.75) is 4.90 Å². The Hall–Kier alpha value is -4.22. The quantitative estimate of drug-likeness (QED) is 0.109. The van der Waals surface area contributed by atoms with E-state index < -0.39 is 11.8 Å². The van der Waals surface area contributed by atoms with E-state index in [9.17, 15) is 14.4 Å². The molecule has 2 aromatic heterocycles. The lowest BCUT2D eigenvalue weighted by Gasteiger charge is -2.12. The van der Waals surface area contributed by atoms with E-state index in [4.69, 9.17) is 11.6 Å². The van der Waals surface area contributed by atoms with Crippen molar-refractivity contribution in [3.8, 4) is 10.6 Å². The van der Waals surface area contributed by atoms with E-state index in [2.05, 4.69) is 20.9 Å². The average molecular weight is 631 g/mol. The number of rotatable bonds is 10. The van der Waals surface area contributed by atoms with E-state index in [-0.39, 0.29) is 17.4 Å². The number of carbonyl (C=O) groups is 3. The van der Waals surface area contributed by atoms with Gasteiger partial charge in [-0.3, -0.25) is 14.4 Å². The van der Waals surface area contributed by atoms with Crippen LogP contribution in [-0.4, -0.2) is 28.5 Å². The van der Waals surface area contributed by atoms with E-state index in [0.717, 1.165) is 15.5 Å². The fourth-order valence-corrected chi connectivity index (χ4v) is 5.99. The van der Waals surface area contributed by atoms with Crippen LogP contribution in [-0.2, 0) is 9.59 Å². The third kappa shape index (κ3) is 8.17. The van der Waals surface area contributed by atoms with Crippen LogP contribution < -0.4 is 16.0 Å². The van der Waals surface area contributed by atoms with Gasteiger partial charge in [-0.2, -0.15) is 0 Å². The van der Waals surface area contributed by atoms with Crippen LogP contribution in [0.3, 0.4) is 0 Å². The number of amides is 3. The van der Waals surface area contributed by atoms with E-state index in [0.29, 0.717) is 27.0 Å². The van der Waals surface area contributed by atoms with Gasteiger partial charge in [0.2, 0.25) is 5.91 Å². The number of thioether (sulfide) groups is 1. The minimum atomic E-state index is -0.487. The van der Waals surface area contributed by atoms with Crippen LogP contribution in [0.4, 0.5) is 10.8 Å². The standard InChI is InChI=1S/C31H23ClN4O3S3/c32-22-10-8-20(9-11-22)17-25(34-29(38)21-5-2-1-3-6-21)30(39)33-23-12-14-24(15-13-23)41-19-28(37)36-31-35-26(18-42-31)27-7-4-16-40-27/h1-18H,19H2,(H,33,39)(H,34,38)(H,35,36,37)/b25-17-. The van der Waals surface area contributed by atoms with Crippen molar-refractivity contribution in [2.75, 3.05) is 16.4 Å². The van der Waals surface area contributed by atoms with Crippen molar-refractivity contribution in [2.24, 2.45) is 0 Å². The number of halogens is 1. The number of hydrogen-bond acceptors (Lipinski definition) is 7. The van der Waals surface area contributed by atoms with Gasteiger partial charge in [0.15, 0.2) is 5.13 Å². The molecule has 3 N–H and O–H groups in total. The highest BCUT2D eigenvalue weighted by Crippen LogP contribution is 2.28. The predicted octanol–water partition coefficient (Wildman–Crippen LogP) is 7.67. The van der Waals surface area contributed by atoms with Crippen LogP contribution in [0.15, 0.2) is 112 Å². The molecule has 0 saturated heterocycles. The molecule has 3 aromatic carbocycles. The monoisotopic (exact) mass is 630 g/mol. The number of nitrogens with one attached hydrogen (secondary N) is 3. The predicted molar refractivity (Wildman–Crippen MR) is 173 cm³/mol. The Morgan fingerprint density at radius 2 is 1.62 bits per heavy atom. The second-order valence-corrected chi connectivity index (χ2v) is 12.1. The highest BCUT2D eigenvalue weighted by molar-refractivity contribution is 8.00. The Balaban J connectivity index is 1.19. The van der Waals surface area contributed by atoms with Gasteiger partial charge in [-0.05, 0) is 71.6 Å². The Morgan fingerprint density at radius 1 is 0.857 bits per heavy atom. The maximum Gasteiger partial charge on any atom is 0.272 e. The van der Waals surface area contributed by atoms with Crippen LogP contribution in [0.25, 0.3) is 16.6 Å². The topological polar surface area (TPSA) is 100 Å². The highest BCUT2D eigenvalue weighted by atomic mass is 35.5. The summed E-state index contributed by atoms with van der Waals surface area (Å²) in [6.07, 6.45) is 1.58. The number of thiophene rings is 1. The van der Waals surface area contributed by atoms with Gasteiger partial charge in [0.25, 0.3) is 11.8 Å². The van der Waals surface area contributed by atoms with Crippen molar-refractivity contribution >= 4 is 80.7 Å². The minimum Gasteiger partial charge on any atom is -0.321 e. The molecule has 7 nitrogen and oxygen atoms in total. The molecule has 42 heavy (non-hydrogen) atoms. The number of anilines is 2. The number of hydrogen-bond donors (Lipinski definition) is 3. The maximum atomic E-state index is 13.2. The summed E-state index contributed by atoms with van der Waals surface area (Å²) >= 11 is 10.4. The lowest BCUT2D eigenvalue weighted by molar-refractivity contribution is -0.114.